The predicted molar refractivity (Wildman–Crippen MR) is 112 cm³/mol. The van der Waals surface area contributed by atoms with Crippen molar-refractivity contribution in [2.24, 2.45) is 0 Å². The summed E-state index contributed by atoms with van der Waals surface area (Å²) in [6, 6.07) is 7.71. The average Bonchev–Trinajstić information content (AvgIpc) is 3.35. The van der Waals surface area contributed by atoms with E-state index in [4.69, 9.17) is 9.15 Å². The highest BCUT2D eigenvalue weighted by molar-refractivity contribution is 7.14. The van der Waals surface area contributed by atoms with Crippen LogP contribution >= 0.6 is 11.3 Å². The Morgan fingerprint density at radius 1 is 1.32 bits per heavy atom. The SMILES string of the molecule is Cc1oc(-c2cccc(OC(F)F)c2)cc1C(=O)Nc1nc(CN2CCOCC2)cs1. The number of hydrogen-bond donors (Lipinski definition) is 1. The van der Waals surface area contributed by atoms with E-state index in [2.05, 4.69) is 19.9 Å². The van der Waals surface area contributed by atoms with Crippen LogP contribution < -0.4 is 10.1 Å². The van der Waals surface area contributed by atoms with Gasteiger partial charge in [0.2, 0.25) is 0 Å². The predicted octanol–water partition coefficient (Wildman–Crippen LogP) is 4.40. The van der Waals surface area contributed by atoms with E-state index >= 15 is 0 Å². The van der Waals surface area contributed by atoms with Crippen molar-refractivity contribution in [1.29, 1.82) is 0 Å². The number of rotatable bonds is 7. The number of benzene rings is 1. The Kier molecular flexibility index (Phi) is 6.59. The molecule has 3 heterocycles. The quantitative estimate of drug-likeness (QED) is 0.576. The van der Waals surface area contributed by atoms with Gasteiger partial charge in [0, 0.05) is 30.6 Å². The first-order chi connectivity index (χ1) is 15.0. The van der Waals surface area contributed by atoms with E-state index in [1.807, 2.05) is 5.38 Å². The van der Waals surface area contributed by atoms with E-state index in [0.717, 1.165) is 18.8 Å². The Hall–Kier alpha value is -2.82. The number of carbonyl (C=O) groups excluding carboxylic acids is 1. The number of carbonyl (C=O) groups is 1. The molecule has 0 spiro atoms. The topological polar surface area (TPSA) is 76.8 Å². The molecule has 0 radical (unpaired) electrons. The number of nitrogens with one attached hydrogen (secondary N) is 1. The summed E-state index contributed by atoms with van der Waals surface area (Å²) < 4.78 is 40.4. The number of ether oxygens (including phenoxy) is 2. The largest absolute Gasteiger partial charge is 0.461 e. The first-order valence-electron chi connectivity index (χ1n) is 9.69. The lowest BCUT2D eigenvalue weighted by Crippen LogP contribution is -2.35. The van der Waals surface area contributed by atoms with Crippen molar-refractivity contribution in [3.63, 3.8) is 0 Å². The molecule has 1 fully saturated rings. The van der Waals surface area contributed by atoms with E-state index in [0.29, 0.717) is 47.5 Å². The molecular weight excluding hydrogens is 428 g/mol. The van der Waals surface area contributed by atoms with Gasteiger partial charge in [-0.2, -0.15) is 8.78 Å². The third-order valence-corrected chi connectivity index (χ3v) is 5.57. The van der Waals surface area contributed by atoms with Crippen molar-refractivity contribution >= 4 is 22.4 Å². The van der Waals surface area contributed by atoms with E-state index in [1.165, 1.54) is 23.5 Å². The maximum absolute atomic E-state index is 12.7. The summed E-state index contributed by atoms with van der Waals surface area (Å²) in [6.45, 7) is 2.62. The molecule has 0 saturated carbocycles. The average molecular weight is 449 g/mol. The number of alkyl halides is 2. The van der Waals surface area contributed by atoms with Gasteiger partial charge < -0.3 is 13.9 Å². The Balaban J connectivity index is 1.43. The van der Waals surface area contributed by atoms with E-state index in [-0.39, 0.29) is 11.7 Å². The fourth-order valence-corrected chi connectivity index (χ4v) is 3.96. The zero-order valence-corrected chi connectivity index (χ0v) is 17.6. The molecule has 10 heteroatoms. The van der Waals surface area contributed by atoms with Crippen LogP contribution in [-0.2, 0) is 11.3 Å². The molecule has 1 saturated heterocycles. The molecule has 1 aliphatic heterocycles. The first kappa shape index (κ1) is 21.4. The number of furan rings is 1. The van der Waals surface area contributed by atoms with E-state index < -0.39 is 6.61 Å². The van der Waals surface area contributed by atoms with Gasteiger partial charge >= 0.3 is 6.61 Å². The van der Waals surface area contributed by atoms with Crippen LogP contribution in [0.15, 0.2) is 40.1 Å². The minimum Gasteiger partial charge on any atom is -0.461 e. The molecule has 0 atom stereocenters. The smallest absolute Gasteiger partial charge is 0.387 e. The third kappa shape index (κ3) is 5.46. The van der Waals surface area contributed by atoms with Gasteiger partial charge in [0.05, 0.1) is 24.5 Å². The second-order valence-corrected chi connectivity index (χ2v) is 7.83. The van der Waals surface area contributed by atoms with Crippen molar-refractivity contribution in [1.82, 2.24) is 9.88 Å². The van der Waals surface area contributed by atoms with Gasteiger partial charge in [-0.3, -0.25) is 15.0 Å². The van der Waals surface area contributed by atoms with Gasteiger partial charge in [-0.25, -0.2) is 4.98 Å². The lowest BCUT2D eigenvalue weighted by Gasteiger charge is -2.25. The molecule has 0 bridgehead atoms. The number of amides is 1. The normalized spacial score (nSPS) is 14.7. The molecule has 1 N–H and O–H groups in total. The Morgan fingerprint density at radius 2 is 2.13 bits per heavy atom. The van der Waals surface area contributed by atoms with Crippen LogP contribution in [0.1, 0.15) is 21.8 Å². The van der Waals surface area contributed by atoms with Crippen LogP contribution in [0.25, 0.3) is 11.3 Å². The minimum atomic E-state index is -2.92. The van der Waals surface area contributed by atoms with Gasteiger partial charge in [0.1, 0.15) is 17.3 Å². The molecule has 31 heavy (non-hydrogen) atoms. The molecule has 1 aromatic carbocycles. The highest BCUT2D eigenvalue weighted by atomic mass is 32.1. The molecule has 0 aliphatic carbocycles. The van der Waals surface area contributed by atoms with Crippen LogP contribution in [-0.4, -0.2) is 48.7 Å². The number of nitrogens with zero attached hydrogens (tertiary/aromatic N) is 2. The number of anilines is 1. The molecular formula is C21H21F2N3O4S. The maximum Gasteiger partial charge on any atom is 0.387 e. The van der Waals surface area contributed by atoms with Gasteiger partial charge in [-0.15, -0.1) is 11.3 Å². The van der Waals surface area contributed by atoms with Gasteiger partial charge in [-0.05, 0) is 25.1 Å². The maximum atomic E-state index is 12.7. The number of thiazole rings is 1. The zero-order chi connectivity index (χ0) is 21.8. The minimum absolute atomic E-state index is 0.0168. The number of morpholine rings is 1. The van der Waals surface area contributed by atoms with E-state index in [1.54, 1.807) is 25.1 Å². The fraction of sp³-hybridized carbons (Fsp3) is 0.333. The lowest BCUT2D eigenvalue weighted by molar-refractivity contribution is -0.0498. The molecule has 7 nitrogen and oxygen atoms in total. The zero-order valence-electron chi connectivity index (χ0n) is 16.8. The number of aryl methyl sites for hydroxylation is 1. The highest BCUT2D eigenvalue weighted by Crippen LogP contribution is 2.29. The Bertz CT molecular complexity index is 1050. The van der Waals surface area contributed by atoms with Crippen molar-refractivity contribution in [2.75, 3.05) is 31.6 Å². The number of hydrogen-bond acceptors (Lipinski definition) is 7. The summed E-state index contributed by atoms with van der Waals surface area (Å²) in [5, 5.41) is 5.23. The van der Waals surface area contributed by atoms with Gasteiger partial charge in [0.25, 0.3) is 5.91 Å². The standard InChI is InChI=1S/C21H21F2N3O4S/c1-13-17(10-18(29-13)14-3-2-4-16(9-14)30-20(22)23)19(27)25-21-24-15(12-31-21)11-26-5-7-28-8-6-26/h2-4,9-10,12,20H,5-8,11H2,1H3,(H,24,25,27). The summed E-state index contributed by atoms with van der Waals surface area (Å²) in [6.07, 6.45) is 0. The third-order valence-electron chi connectivity index (χ3n) is 4.77. The summed E-state index contributed by atoms with van der Waals surface area (Å²) in [5.74, 6) is 0.468. The molecule has 4 rings (SSSR count). The second kappa shape index (κ2) is 9.54. The van der Waals surface area contributed by atoms with Crippen LogP contribution in [0.4, 0.5) is 13.9 Å². The Labute approximate surface area is 181 Å². The first-order valence-corrected chi connectivity index (χ1v) is 10.6. The van der Waals surface area contributed by atoms with E-state index in [9.17, 15) is 13.6 Å². The fourth-order valence-electron chi connectivity index (χ4n) is 3.27. The van der Waals surface area contributed by atoms with Crippen molar-refractivity contribution < 1.29 is 27.5 Å². The summed E-state index contributed by atoms with van der Waals surface area (Å²) in [4.78, 5) is 19.5. The molecule has 1 aliphatic rings. The molecule has 164 valence electrons. The summed E-state index contributed by atoms with van der Waals surface area (Å²) >= 11 is 1.36. The molecule has 2 aromatic heterocycles. The van der Waals surface area contributed by atoms with Crippen molar-refractivity contribution in [3.8, 4) is 17.1 Å². The molecule has 0 unspecified atom stereocenters. The number of halogens is 2. The molecule has 3 aromatic rings. The lowest BCUT2D eigenvalue weighted by atomic mass is 10.1. The van der Waals surface area contributed by atoms with Crippen LogP contribution in [0.3, 0.4) is 0 Å². The monoisotopic (exact) mass is 449 g/mol. The van der Waals surface area contributed by atoms with Crippen molar-refractivity contribution in [3.05, 3.63) is 52.7 Å². The van der Waals surface area contributed by atoms with Crippen LogP contribution in [0.2, 0.25) is 0 Å². The van der Waals surface area contributed by atoms with Crippen LogP contribution in [0, 0.1) is 6.92 Å². The summed E-state index contributed by atoms with van der Waals surface area (Å²) in [7, 11) is 0. The second-order valence-electron chi connectivity index (χ2n) is 6.97. The van der Waals surface area contributed by atoms with Crippen LogP contribution in [0.5, 0.6) is 5.75 Å². The summed E-state index contributed by atoms with van der Waals surface area (Å²) in [5.41, 5.74) is 1.77. The van der Waals surface area contributed by atoms with Crippen molar-refractivity contribution in [2.45, 2.75) is 20.1 Å². The Morgan fingerprint density at radius 3 is 2.90 bits per heavy atom. The van der Waals surface area contributed by atoms with Gasteiger partial charge in [0.15, 0.2) is 5.13 Å². The van der Waals surface area contributed by atoms with Gasteiger partial charge in [-0.1, -0.05) is 12.1 Å². The molecule has 1 amide bonds. The highest BCUT2D eigenvalue weighted by Gasteiger charge is 2.19. The number of aromatic nitrogens is 1.